The number of H-pyrrole nitrogens is 1. The van der Waals surface area contributed by atoms with E-state index in [0.717, 1.165) is 34.2 Å². The average Bonchev–Trinajstić information content (AvgIpc) is 3.09. The Balaban J connectivity index is 1.46. The van der Waals surface area contributed by atoms with Gasteiger partial charge in [-0.1, -0.05) is 19.1 Å². The molecule has 0 radical (unpaired) electrons. The Hall–Kier alpha value is -2.93. The third kappa shape index (κ3) is 3.33. The first-order chi connectivity index (χ1) is 13.6. The highest BCUT2D eigenvalue weighted by atomic mass is 16.5. The lowest BCUT2D eigenvalue weighted by Gasteiger charge is -2.35. The number of rotatable bonds is 4. The Bertz CT molecular complexity index is 995. The lowest BCUT2D eigenvalue weighted by atomic mass is 10.0. The van der Waals surface area contributed by atoms with Crippen molar-refractivity contribution in [2.75, 3.05) is 13.1 Å². The molecule has 3 heterocycles. The maximum atomic E-state index is 12.8. The number of aliphatic hydroxyl groups excluding tert-OH is 1. The molecule has 28 heavy (non-hydrogen) atoms. The molecule has 146 valence electrons. The fourth-order valence-corrected chi connectivity index (χ4v) is 3.73. The number of carbonyl (C=O) groups excluding carboxylic acids is 1. The predicted molar refractivity (Wildman–Crippen MR) is 105 cm³/mol. The van der Waals surface area contributed by atoms with Crippen LogP contribution in [0.4, 0.5) is 0 Å². The third-order valence-corrected chi connectivity index (χ3v) is 5.39. The minimum atomic E-state index is -0.764. The highest BCUT2D eigenvalue weighted by Crippen LogP contribution is 2.28. The lowest BCUT2D eigenvalue weighted by Crippen LogP contribution is -2.51. The zero-order valence-corrected chi connectivity index (χ0v) is 16.1. The topological polar surface area (TPSA) is 91.3 Å². The zero-order chi connectivity index (χ0) is 19.7. The number of benzene rings is 1. The molecule has 1 aliphatic heterocycles. The van der Waals surface area contributed by atoms with Crippen LogP contribution in [0.25, 0.3) is 10.8 Å². The largest absolute Gasteiger partial charge is 0.487 e. The number of hydrogen-bond acceptors (Lipinski definition) is 5. The summed E-state index contributed by atoms with van der Waals surface area (Å²) in [5.74, 6) is 0.571. The van der Waals surface area contributed by atoms with Gasteiger partial charge >= 0.3 is 0 Å². The van der Waals surface area contributed by atoms with Crippen molar-refractivity contribution in [1.29, 1.82) is 0 Å². The summed E-state index contributed by atoms with van der Waals surface area (Å²) >= 11 is 0. The van der Waals surface area contributed by atoms with Gasteiger partial charge in [-0.3, -0.25) is 14.9 Å². The molecule has 0 saturated carbocycles. The lowest BCUT2D eigenvalue weighted by molar-refractivity contribution is -0.0194. The number of β-amino-alcohol motifs (C(OH)–C–C–N with tert-alkyl or cyclic N) is 1. The summed E-state index contributed by atoms with van der Waals surface area (Å²) in [6, 6.07) is 7.69. The third-order valence-electron chi connectivity index (χ3n) is 5.39. The number of hydrogen-bond donors (Lipinski definition) is 2. The highest BCUT2D eigenvalue weighted by molar-refractivity contribution is 5.94. The first-order valence-corrected chi connectivity index (χ1v) is 9.59. The number of fused-ring (bicyclic) bond motifs is 1. The summed E-state index contributed by atoms with van der Waals surface area (Å²) in [5.41, 5.74) is 2.28. The standard InChI is InChI=1S/C21H24N4O3/c1-3-16-13(2)20(24-23-16)21(27)25-10-8-19(17(26)12-25)28-18-6-4-5-14-11-22-9-7-15(14)18/h4-7,9,11,17,19,26H,3,8,10,12H2,1-2H3,(H,23,24)/t17-,19-/m1/s1. The highest BCUT2D eigenvalue weighted by Gasteiger charge is 2.33. The molecule has 1 saturated heterocycles. The fourth-order valence-electron chi connectivity index (χ4n) is 3.73. The predicted octanol–water partition coefficient (Wildman–Crippen LogP) is 2.48. The molecule has 4 rings (SSSR count). The smallest absolute Gasteiger partial charge is 0.274 e. The summed E-state index contributed by atoms with van der Waals surface area (Å²) in [6.07, 6.45) is 3.73. The van der Waals surface area contributed by atoms with Gasteiger partial charge in [0, 0.05) is 47.4 Å². The number of aliphatic hydroxyl groups is 1. The minimum absolute atomic E-state index is 0.151. The van der Waals surface area contributed by atoms with E-state index in [2.05, 4.69) is 15.2 Å². The number of pyridine rings is 1. The van der Waals surface area contributed by atoms with Crippen LogP contribution in [-0.4, -0.2) is 56.4 Å². The monoisotopic (exact) mass is 380 g/mol. The van der Waals surface area contributed by atoms with Crippen LogP contribution in [0.15, 0.2) is 36.7 Å². The first kappa shape index (κ1) is 18.4. The van der Waals surface area contributed by atoms with E-state index in [4.69, 9.17) is 4.74 Å². The van der Waals surface area contributed by atoms with Crippen LogP contribution in [0, 0.1) is 6.92 Å². The molecule has 1 aromatic carbocycles. The van der Waals surface area contributed by atoms with Crippen LogP contribution in [0.3, 0.4) is 0 Å². The summed E-state index contributed by atoms with van der Waals surface area (Å²) in [5, 5.41) is 19.7. The first-order valence-electron chi connectivity index (χ1n) is 9.59. The van der Waals surface area contributed by atoms with E-state index < -0.39 is 6.10 Å². The van der Waals surface area contributed by atoms with Gasteiger partial charge in [0.05, 0.1) is 6.54 Å². The molecule has 0 spiro atoms. The number of likely N-dealkylation sites (tertiary alicyclic amines) is 1. The summed E-state index contributed by atoms with van der Waals surface area (Å²) in [4.78, 5) is 18.6. The van der Waals surface area contributed by atoms with Gasteiger partial charge < -0.3 is 14.7 Å². The molecule has 7 nitrogen and oxygen atoms in total. The molecule has 2 aromatic heterocycles. The molecule has 2 N–H and O–H groups in total. The SMILES string of the molecule is CCc1[nH]nc(C(=O)N2CC[C@@H](Oc3cccc4cnccc34)[C@H](O)C2)c1C. The maximum absolute atomic E-state index is 12.8. The Morgan fingerprint density at radius 2 is 2.25 bits per heavy atom. The number of aryl methyl sites for hydroxylation is 1. The van der Waals surface area contributed by atoms with Crippen molar-refractivity contribution in [2.45, 2.75) is 38.9 Å². The van der Waals surface area contributed by atoms with E-state index in [0.29, 0.717) is 18.7 Å². The van der Waals surface area contributed by atoms with Crippen LogP contribution in [0.5, 0.6) is 5.75 Å². The van der Waals surface area contributed by atoms with Gasteiger partial charge in [-0.2, -0.15) is 5.10 Å². The molecular formula is C21H24N4O3. The van der Waals surface area contributed by atoms with Gasteiger partial charge in [0.25, 0.3) is 5.91 Å². The van der Waals surface area contributed by atoms with E-state index in [1.165, 1.54) is 0 Å². The number of ether oxygens (including phenoxy) is 1. The molecule has 0 aliphatic carbocycles. The Labute approximate surface area is 163 Å². The summed E-state index contributed by atoms with van der Waals surface area (Å²) in [7, 11) is 0. The van der Waals surface area contributed by atoms with Gasteiger partial charge in [0.2, 0.25) is 0 Å². The molecule has 7 heteroatoms. The van der Waals surface area contributed by atoms with E-state index in [-0.39, 0.29) is 18.6 Å². The number of carbonyl (C=O) groups is 1. The molecule has 2 atom stereocenters. The number of piperidine rings is 1. The molecular weight excluding hydrogens is 356 g/mol. The van der Waals surface area contributed by atoms with Gasteiger partial charge in [-0.05, 0) is 25.5 Å². The van der Waals surface area contributed by atoms with E-state index >= 15 is 0 Å². The van der Waals surface area contributed by atoms with Crippen LogP contribution in [0.1, 0.15) is 35.1 Å². The van der Waals surface area contributed by atoms with Crippen molar-refractivity contribution < 1.29 is 14.6 Å². The second-order valence-electron chi connectivity index (χ2n) is 7.15. The van der Waals surface area contributed by atoms with Crippen molar-refractivity contribution in [3.05, 3.63) is 53.6 Å². The molecule has 3 aromatic rings. The van der Waals surface area contributed by atoms with Crippen molar-refractivity contribution in [3.8, 4) is 5.75 Å². The molecule has 1 fully saturated rings. The van der Waals surface area contributed by atoms with Crippen LogP contribution >= 0.6 is 0 Å². The molecule has 0 unspecified atom stereocenters. The van der Waals surface area contributed by atoms with Crippen molar-refractivity contribution in [3.63, 3.8) is 0 Å². The van der Waals surface area contributed by atoms with E-state index in [1.54, 1.807) is 17.3 Å². The maximum Gasteiger partial charge on any atom is 0.274 e. The normalized spacial score (nSPS) is 19.8. The number of amides is 1. The van der Waals surface area contributed by atoms with Crippen LogP contribution in [0.2, 0.25) is 0 Å². The second-order valence-corrected chi connectivity index (χ2v) is 7.15. The van der Waals surface area contributed by atoms with Crippen LogP contribution in [-0.2, 0) is 6.42 Å². The average molecular weight is 380 g/mol. The van der Waals surface area contributed by atoms with E-state index in [9.17, 15) is 9.90 Å². The molecule has 1 amide bonds. The number of aromatic amines is 1. The second kappa shape index (κ2) is 7.59. The van der Waals surface area contributed by atoms with Gasteiger partial charge in [0.15, 0.2) is 5.69 Å². The molecule has 0 bridgehead atoms. The zero-order valence-electron chi connectivity index (χ0n) is 16.1. The molecule has 1 aliphatic rings. The number of aromatic nitrogens is 3. The fraction of sp³-hybridized carbons (Fsp3) is 0.381. The van der Waals surface area contributed by atoms with Gasteiger partial charge in [-0.15, -0.1) is 0 Å². The van der Waals surface area contributed by atoms with Crippen molar-refractivity contribution in [1.82, 2.24) is 20.1 Å². The summed E-state index contributed by atoms with van der Waals surface area (Å²) in [6.45, 7) is 4.66. The van der Waals surface area contributed by atoms with Gasteiger partial charge in [-0.25, -0.2) is 0 Å². The van der Waals surface area contributed by atoms with Crippen molar-refractivity contribution >= 4 is 16.7 Å². The number of nitrogens with one attached hydrogen (secondary N) is 1. The Kier molecular flexibility index (Phi) is 5.00. The number of nitrogens with zero attached hydrogens (tertiary/aromatic N) is 3. The van der Waals surface area contributed by atoms with Crippen molar-refractivity contribution in [2.24, 2.45) is 0 Å². The Morgan fingerprint density at radius 1 is 1.39 bits per heavy atom. The van der Waals surface area contributed by atoms with Crippen LogP contribution < -0.4 is 4.74 Å². The van der Waals surface area contributed by atoms with E-state index in [1.807, 2.05) is 38.1 Å². The summed E-state index contributed by atoms with van der Waals surface area (Å²) < 4.78 is 6.12. The minimum Gasteiger partial charge on any atom is -0.487 e. The Morgan fingerprint density at radius 3 is 3.00 bits per heavy atom. The van der Waals surface area contributed by atoms with Gasteiger partial charge in [0.1, 0.15) is 18.0 Å². The quantitative estimate of drug-likeness (QED) is 0.726.